The fraction of sp³-hybridized carbons (Fsp3) is 0.333. The number of piperidine rings is 1. The Morgan fingerprint density at radius 1 is 1.23 bits per heavy atom. The predicted molar refractivity (Wildman–Crippen MR) is 108 cm³/mol. The molecule has 0 aliphatic carbocycles. The Hall–Kier alpha value is -3.49. The molecule has 156 valence electrons. The summed E-state index contributed by atoms with van der Waals surface area (Å²) in [4.78, 5) is 36.3. The van der Waals surface area contributed by atoms with Gasteiger partial charge in [0, 0.05) is 37.6 Å². The Bertz CT molecular complexity index is 968. The fourth-order valence-electron chi connectivity index (χ4n) is 3.69. The Balaban J connectivity index is 1.33. The molecule has 0 bridgehead atoms. The summed E-state index contributed by atoms with van der Waals surface area (Å²) in [5.74, 6) is -0.706. The van der Waals surface area contributed by atoms with Crippen molar-refractivity contribution >= 4 is 23.3 Å². The molecule has 1 spiro atoms. The molecule has 2 aromatic rings. The van der Waals surface area contributed by atoms with Crippen LogP contribution in [0.5, 0.6) is 0 Å². The van der Waals surface area contributed by atoms with E-state index in [1.54, 1.807) is 23.4 Å². The summed E-state index contributed by atoms with van der Waals surface area (Å²) in [7, 11) is 0. The molecule has 9 heteroatoms. The number of hydrogen-bond donors (Lipinski definition) is 2. The van der Waals surface area contributed by atoms with Crippen molar-refractivity contribution in [3.8, 4) is 0 Å². The van der Waals surface area contributed by atoms with E-state index in [4.69, 9.17) is 4.84 Å². The van der Waals surface area contributed by atoms with Gasteiger partial charge in [0.25, 0.3) is 5.91 Å². The van der Waals surface area contributed by atoms with Crippen molar-refractivity contribution < 1.29 is 18.8 Å². The number of pyridine rings is 1. The van der Waals surface area contributed by atoms with Gasteiger partial charge in [-0.25, -0.2) is 9.18 Å². The average Bonchev–Trinajstić information content (AvgIpc) is 3.16. The summed E-state index contributed by atoms with van der Waals surface area (Å²) in [5.41, 5.74) is 0.933. The molecule has 0 unspecified atom stereocenters. The van der Waals surface area contributed by atoms with E-state index in [-0.39, 0.29) is 11.9 Å². The molecule has 1 fully saturated rings. The Kier molecular flexibility index (Phi) is 5.60. The van der Waals surface area contributed by atoms with Crippen LogP contribution in [0.25, 0.3) is 0 Å². The van der Waals surface area contributed by atoms with Crippen LogP contribution in [0.1, 0.15) is 24.8 Å². The number of rotatable bonds is 4. The maximum Gasteiger partial charge on any atom is 0.321 e. The van der Waals surface area contributed by atoms with Crippen LogP contribution in [0, 0.1) is 5.82 Å². The van der Waals surface area contributed by atoms with Gasteiger partial charge in [0.15, 0.2) is 5.60 Å². The third-order valence-corrected chi connectivity index (χ3v) is 5.21. The van der Waals surface area contributed by atoms with Crippen LogP contribution < -0.4 is 10.6 Å². The Morgan fingerprint density at radius 2 is 2.07 bits per heavy atom. The second-order valence-electron chi connectivity index (χ2n) is 7.49. The number of oxime groups is 1. The molecule has 2 N–H and O–H groups in total. The Labute approximate surface area is 173 Å². The minimum atomic E-state index is -0.707. The number of nitrogens with one attached hydrogen (secondary N) is 2. The van der Waals surface area contributed by atoms with E-state index in [9.17, 15) is 14.0 Å². The molecule has 4 rings (SSSR count). The first-order chi connectivity index (χ1) is 14.5. The van der Waals surface area contributed by atoms with Crippen LogP contribution in [0.4, 0.5) is 14.9 Å². The van der Waals surface area contributed by atoms with Crippen LogP contribution >= 0.6 is 0 Å². The topological polar surface area (TPSA) is 95.9 Å². The van der Waals surface area contributed by atoms with Gasteiger partial charge < -0.3 is 20.4 Å². The minimum absolute atomic E-state index is 0.287. The minimum Gasteiger partial charge on any atom is -0.386 e. The van der Waals surface area contributed by atoms with Crippen LogP contribution in [0.3, 0.4) is 0 Å². The van der Waals surface area contributed by atoms with Gasteiger partial charge in [0.05, 0.1) is 6.54 Å². The van der Waals surface area contributed by atoms with Gasteiger partial charge in [-0.1, -0.05) is 11.2 Å². The number of benzene rings is 1. The molecule has 30 heavy (non-hydrogen) atoms. The molecule has 3 heterocycles. The predicted octanol–water partition coefficient (Wildman–Crippen LogP) is 2.68. The molecule has 1 atom stereocenters. The standard InChI is InChI=1S/C21H22FN5O3/c22-16-3-1-4-17(11-16)25-20(29)27-10-2-7-21(14-27)12-18(26-30-21)19(28)24-13-15-5-8-23-9-6-15/h1,3-6,8-9,11H,2,7,10,12-14H2,(H,24,28)(H,25,29)/t21-/m1/s1. The van der Waals surface area contributed by atoms with Crippen LogP contribution in [0.15, 0.2) is 53.9 Å². The molecule has 0 radical (unpaired) electrons. The third kappa shape index (κ3) is 4.56. The van der Waals surface area contributed by atoms with Gasteiger partial charge in [-0.3, -0.25) is 9.78 Å². The Morgan fingerprint density at radius 3 is 2.87 bits per heavy atom. The summed E-state index contributed by atoms with van der Waals surface area (Å²) < 4.78 is 13.3. The summed E-state index contributed by atoms with van der Waals surface area (Å²) in [6.07, 6.45) is 5.08. The highest BCUT2D eigenvalue weighted by molar-refractivity contribution is 6.39. The highest BCUT2D eigenvalue weighted by Gasteiger charge is 2.45. The zero-order valence-corrected chi connectivity index (χ0v) is 16.3. The summed E-state index contributed by atoms with van der Waals surface area (Å²) in [6.45, 7) is 1.23. The molecule has 8 nitrogen and oxygen atoms in total. The SMILES string of the molecule is O=C(NCc1ccncc1)C1=NO[C@]2(CCCN(C(=O)Nc3cccc(F)c3)C2)C1. The number of halogens is 1. The lowest BCUT2D eigenvalue weighted by molar-refractivity contribution is -0.115. The molecule has 3 amide bonds. The van der Waals surface area contributed by atoms with E-state index in [0.717, 1.165) is 12.0 Å². The van der Waals surface area contributed by atoms with E-state index < -0.39 is 11.4 Å². The molecule has 1 aromatic carbocycles. The third-order valence-electron chi connectivity index (χ3n) is 5.21. The second kappa shape index (κ2) is 8.48. The number of carbonyl (C=O) groups excluding carboxylic acids is 2. The van der Waals surface area contributed by atoms with E-state index in [1.807, 2.05) is 12.1 Å². The normalized spacial score (nSPS) is 20.4. The molecule has 2 aliphatic rings. The van der Waals surface area contributed by atoms with Crippen molar-refractivity contribution in [1.29, 1.82) is 0 Å². The van der Waals surface area contributed by atoms with Crippen molar-refractivity contribution in [2.45, 2.75) is 31.4 Å². The van der Waals surface area contributed by atoms with Gasteiger partial charge in [-0.15, -0.1) is 0 Å². The number of carbonyl (C=O) groups is 2. The zero-order valence-electron chi connectivity index (χ0n) is 16.3. The van der Waals surface area contributed by atoms with Crippen LogP contribution in [-0.4, -0.2) is 46.2 Å². The summed E-state index contributed by atoms with van der Waals surface area (Å²) in [5, 5.41) is 9.53. The fourth-order valence-corrected chi connectivity index (χ4v) is 3.69. The van der Waals surface area contributed by atoms with Crippen molar-refractivity contribution in [2.24, 2.45) is 5.16 Å². The van der Waals surface area contributed by atoms with Gasteiger partial charge in [0.1, 0.15) is 11.5 Å². The van der Waals surface area contributed by atoms with E-state index in [0.29, 0.717) is 43.9 Å². The largest absolute Gasteiger partial charge is 0.386 e. The van der Waals surface area contributed by atoms with E-state index in [1.165, 1.54) is 18.2 Å². The van der Waals surface area contributed by atoms with Crippen molar-refractivity contribution in [3.05, 3.63) is 60.2 Å². The van der Waals surface area contributed by atoms with E-state index in [2.05, 4.69) is 20.8 Å². The molecule has 0 saturated carbocycles. The number of urea groups is 1. The van der Waals surface area contributed by atoms with Gasteiger partial charge >= 0.3 is 6.03 Å². The number of anilines is 1. The van der Waals surface area contributed by atoms with Crippen molar-refractivity contribution in [2.75, 3.05) is 18.4 Å². The summed E-state index contributed by atoms with van der Waals surface area (Å²) >= 11 is 0. The highest BCUT2D eigenvalue weighted by atomic mass is 19.1. The molecule has 1 saturated heterocycles. The van der Waals surface area contributed by atoms with Gasteiger partial charge in [-0.2, -0.15) is 0 Å². The zero-order chi connectivity index (χ0) is 21.0. The molecular formula is C21H22FN5O3. The van der Waals surface area contributed by atoms with Crippen molar-refractivity contribution in [1.82, 2.24) is 15.2 Å². The molecule has 2 aliphatic heterocycles. The number of nitrogens with zero attached hydrogens (tertiary/aromatic N) is 3. The first-order valence-corrected chi connectivity index (χ1v) is 9.77. The van der Waals surface area contributed by atoms with E-state index >= 15 is 0 Å². The van der Waals surface area contributed by atoms with Crippen LogP contribution in [-0.2, 0) is 16.2 Å². The highest BCUT2D eigenvalue weighted by Crippen LogP contribution is 2.33. The first-order valence-electron chi connectivity index (χ1n) is 9.77. The van der Waals surface area contributed by atoms with Gasteiger partial charge in [0.2, 0.25) is 0 Å². The number of hydrogen-bond acceptors (Lipinski definition) is 5. The lowest BCUT2D eigenvalue weighted by Crippen LogP contribution is -2.52. The van der Waals surface area contributed by atoms with Gasteiger partial charge in [-0.05, 0) is 48.7 Å². The second-order valence-corrected chi connectivity index (χ2v) is 7.49. The maximum atomic E-state index is 13.3. The maximum absolute atomic E-state index is 13.3. The summed E-state index contributed by atoms with van der Waals surface area (Å²) in [6, 6.07) is 9.05. The molecular weight excluding hydrogens is 389 g/mol. The van der Waals surface area contributed by atoms with Crippen molar-refractivity contribution in [3.63, 3.8) is 0 Å². The number of amides is 3. The number of likely N-dealkylation sites (tertiary alicyclic amines) is 1. The lowest BCUT2D eigenvalue weighted by atomic mass is 9.88. The number of aromatic nitrogens is 1. The first kappa shape index (κ1) is 19.8. The average molecular weight is 411 g/mol. The lowest BCUT2D eigenvalue weighted by Gasteiger charge is -2.38. The van der Waals surface area contributed by atoms with Crippen LogP contribution in [0.2, 0.25) is 0 Å². The molecule has 1 aromatic heterocycles. The monoisotopic (exact) mass is 411 g/mol. The quantitative estimate of drug-likeness (QED) is 0.809. The smallest absolute Gasteiger partial charge is 0.321 e.